The number of nitrogens with zero attached hydrogens (tertiary/aromatic N) is 2. The molecule has 23 heavy (non-hydrogen) atoms. The molecule has 0 saturated carbocycles. The second-order valence-electron chi connectivity index (χ2n) is 5.03. The summed E-state index contributed by atoms with van der Waals surface area (Å²) in [4.78, 5) is 12.3. The Morgan fingerprint density at radius 2 is 1.74 bits per heavy atom. The van der Waals surface area contributed by atoms with Crippen molar-refractivity contribution in [3.8, 4) is 0 Å². The minimum Gasteiger partial charge on any atom is -0.267 e. The zero-order valence-electron chi connectivity index (χ0n) is 12.0. The third-order valence-electron chi connectivity index (χ3n) is 3.51. The first-order valence-corrected chi connectivity index (χ1v) is 8.56. The van der Waals surface area contributed by atoms with E-state index in [1.165, 1.54) is 18.3 Å². The van der Waals surface area contributed by atoms with Gasteiger partial charge in [0.05, 0.1) is 28.8 Å². The van der Waals surface area contributed by atoms with Crippen LogP contribution in [0.2, 0.25) is 0 Å². The molecule has 0 saturated heterocycles. The summed E-state index contributed by atoms with van der Waals surface area (Å²) in [6.45, 7) is -0.0661. The molecule has 1 heterocycles. The first-order chi connectivity index (χ1) is 11.0. The molecule has 0 bridgehead atoms. The molecule has 0 unspecified atom stereocenters. The maximum absolute atomic E-state index is 12.9. The van der Waals surface area contributed by atoms with E-state index in [1.54, 1.807) is 24.3 Å². The van der Waals surface area contributed by atoms with Gasteiger partial charge in [-0.15, -0.1) is 0 Å². The lowest BCUT2D eigenvalue weighted by atomic mass is 10.2. The van der Waals surface area contributed by atoms with Gasteiger partial charge in [-0.05, 0) is 30.3 Å². The summed E-state index contributed by atoms with van der Waals surface area (Å²) in [7, 11) is -3.61. The first-order valence-electron chi connectivity index (χ1n) is 6.90. The first kappa shape index (κ1) is 15.4. The average molecular weight is 332 g/mol. The predicted molar refractivity (Wildman–Crippen MR) is 84.5 cm³/mol. The fraction of sp³-hybridized carbons (Fsp3) is 0.125. The van der Waals surface area contributed by atoms with Gasteiger partial charge in [0.2, 0.25) is 0 Å². The highest BCUT2D eigenvalue weighted by atomic mass is 32.2. The Morgan fingerprint density at radius 3 is 2.48 bits per heavy atom. The maximum Gasteiger partial charge on any atom is 0.274 e. The van der Waals surface area contributed by atoms with Gasteiger partial charge in [-0.2, -0.15) is 5.10 Å². The normalized spacial score (nSPS) is 11.7. The van der Waals surface area contributed by atoms with Gasteiger partial charge >= 0.3 is 0 Å². The molecular weight excluding hydrogens is 319 g/mol. The number of rotatable bonds is 4. The van der Waals surface area contributed by atoms with E-state index in [1.807, 2.05) is 0 Å². The predicted octanol–water partition coefficient (Wildman–Crippen LogP) is 2.01. The van der Waals surface area contributed by atoms with Crippen molar-refractivity contribution in [2.24, 2.45) is 0 Å². The Labute approximate surface area is 131 Å². The topological polar surface area (TPSA) is 69.0 Å². The molecule has 1 aromatic heterocycles. The van der Waals surface area contributed by atoms with E-state index in [2.05, 4.69) is 5.10 Å². The third-order valence-corrected chi connectivity index (χ3v) is 5.22. The standard InChI is InChI=1S/C16H13FN2O3S/c17-13-5-7-14(8-6-13)23(21,22)10-9-19-16(20)15-4-2-1-3-12(15)11-18-19/h1-8,11H,9-10H2. The van der Waals surface area contributed by atoms with E-state index in [9.17, 15) is 17.6 Å². The zero-order chi connectivity index (χ0) is 16.4. The molecule has 3 rings (SSSR count). The number of sulfone groups is 1. The van der Waals surface area contributed by atoms with E-state index in [4.69, 9.17) is 0 Å². The van der Waals surface area contributed by atoms with Crippen molar-refractivity contribution in [1.82, 2.24) is 9.78 Å². The van der Waals surface area contributed by atoms with Gasteiger partial charge in [-0.25, -0.2) is 17.5 Å². The SMILES string of the molecule is O=c1c2ccccc2cnn1CCS(=O)(=O)c1ccc(F)cc1. The summed E-state index contributed by atoms with van der Waals surface area (Å²) >= 11 is 0. The van der Waals surface area contributed by atoms with Crippen LogP contribution in [0.3, 0.4) is 0 Å². The molecule has 0 aliphatic heterocycles. The maximum atomic E-state index is 12.9. The molecule has 0 amide bonds. The molecule has 5 nitrogen and oxygen atoms in total. The van der Waals surface area contributed by atoms with Crippen LogP contribution in [0.1, 0.15) is 0 Å². The summed E-state index contributed by atoms with van der Waals surface area (Å²) in [5.41, 5.74) is -0.336. The van der Waals surface area contributed by atoms with Crippen molar-refractivity contribution in [2.45, 2.75) is 11.4 Å². The zero-order valence-corrected chi connectivity index (χ0v) is 12.8. The van der Waals surface area contributed by atoms with E-state index >= 15 is 0 Å². The van der Waals surface area contributed by atoms with Crippen molar-refractivity contribution < 1.29 is 12.8 Å². The number of hydrogen-bond acceptors (Lipinski definition) is 4. The van der Waals surface area contributed by atoms with Crippen LogP contribution >= 0.6 is 0 Å². The Kier molecular flexibility index (Phi) is 3.96. The molecule has 0 atom stereocenters. The fourth-order valence-corrected chi connectivity index (χ4v) is 3.45. The Morgan fingerprint density at radius 1 is 1.04 bits per heavy atom. The van der Waals surface area contributed by atoms with Crippen LogP contribution in [-0.2, 0) is 16.4 Å². The molecule has 0 spiro atoms. The van der Waals surface area contributed by atoms with Crippen molar-refractivity contribution in [3.63, 3.8) is 0 Å². The van der Waals surface area contributed by atoms with Crippen LogP contribution in [0, 0.1) is 5.82 Å². The molecule has 118 valence electrons. The number of hydrogen-bond donors (Lipinski definition) is 0. The van der Waals surface area contributed by atoms with Crippen LogP contribution < -0.4 is 5.56 Å². The molecule has 7 heteroatoms. The van der Waals surface area contributed by atoms with Crippen molar-refractivity contribution in [1.29, 1.82) is 0 Å². The second-order valence-corrected chi connectivity index (χ2v) is 7.14. The van der Waals surface area contributed by atoms with Gasteiger partial charge in [0, 0.05) is 5.39 Å². The van der Waals surface area contributed by atoms with Crippen LogP contribution in [0.15, 0.2) is 64.4 Å². The summed E-state index contributed by atoms with van der Waals surface area (Å²) in [5.74, 6) is -0.791. The number of aromatic nitrogens is 2. The summed E-state index contributed by atoms with van der Waals surface area (Å²) < 4.78 is 38.5. The van der Waals surface area contributed by atoms with Crippen molar-refractivity contribution in [2.75, 3.05) is 5.75 Å². The lowest BCUT2D eigenvalue weighted by Crippen LogP contribution is -2.26. The Hall–Kier alpha value is -2.54. The van der Waals surface area contributed by atoms with E-state index in [-0.39, 0.29) is 22.8 Å². The monoisotopic (exact) mass is 332 g/mol. The quantitative estimate of drug-likeness (QED) is 0.685. The molecule has 0 radical (unpaired) electrons. The molecule has 2 aromatic carbocycles. The van der Waals surface area contributed by atoms with Crippen LogP contribution in [0.5, 0.6) is 0 Å². The van der Waals surface area contributed by atoms with Gasteiger partial charge in [-0.3, -0.25) is 4.79 Å². The summed E-state index contributed by atoms with van der Waals surface area (Å²) in [6.07, 6.45) is 1.53. The molecular formula is C16H13FN2O3S. The van der Waals surface area contributed by atoms with Gasteiger partial charge in [0.25, 0.3) is 5.56 Å². The Bertz CT molecular complexity index is 1010. The highest BCUT2D eigenvalue weighted by molar-refractivity contribution is 7.91. The van der Waals surface area contributed by atoms with Crippen molar-refractivity contribution >= 4 is 20.6 Å². The van der Waals surface area contributed by atoms with E-state index in [0.717, 1.165) is 16.8 Å². The van der Waals surface area contributed by atoms with Gasteiger partial charge < -0.3 is 0 Å². The minimum absolute atomic E-state index is 0.0211. The highest BCUT2D eigenvalue weighted by Gasteiger charge is 2.15. The van der Waals surface area contributed by atoms with Crippen LogP contribution in [0.4, 0.5) is 4.39 Å². The molecule has 0 fully saturated rings. The molecule has 0 N–H and O–H groups in total. The van der Waals surface area contributed by atoms with Crippen LogP contribution in [0.25, 0.3) is 10.8 Å². The smallest absolute Gasteiger partial charge is 0.267 e. The third kappa shape index (κ3) is 3.14. The molecule has 0 aliphatic rings. The lowest BCUT2D eigenvalue weighted by Gasteiger charge is -2.07. The average Bonchev–Trinajstić information content (AvgIpc) is 2.55. The fourth-order valence-electron chi connectivity index (χ4n) is 2.25. The van der Waals surface area contributed by atoms with Crippen LogP contribution in [-0.4, -0.2) is 24.0 Å². The highest BCUT2D eigenvalue weighted by Crippen LogP contribution is 2.12. The van der Waals surface area contributed by atoms with E-state index in [0.29, 0.717) is 10.8 Å². The largest absolute Gasteiger partial charge is 0.274 e. The van der Waals surface area contributed by atoms with E-state index < -0.39 is 15.7 Å². The number of fused-ring (bicyclic) bond motifs is 1. The van der Waals surface area contributed by atoms with Crippen molar-refractivity contribution in [3.05, 3.63) is 70.9 Å². The summed E-state index contributed by atoms with van der Waals surface area (Å²) in [5, 5.41) is 5.19. The Balaban J connectivity index is 1.87. The lowest BCUT2D eigenvalue weighted by molar-refractivity contribution is 0.572. The molecule has 0 aliphatic carbocycles. The van der Waals surface area contributed by atoms with Gasteiger partial charge in [0.15, 0.2) is 9.84 Å². The number of halogens is 1. The second kappa shape index (κ2) is 5.92. The van der Waals surface area contributed by atoms with Gasteiger partial charge in [-0.1, -0.05) is 18.2 Å². The minimum atomic E-state index is -3.61. The molecule has 3 aromatic rings. The number of aryl methyl sites for hydroxylation is 1. The number of benzene rings is 2. The van der Waals surface area contributed by atoms with Gasteiger partial charge in [0.1, 0.15) is 5.82 Å². The summed E-state index contributed by atoms with van der Waals surface area (Å²) in [6, 6.07) is 11.6.